The third-order valence-corrected chi connectivity index (χ3v) is 6.78. The molecular formula is C28H17Br3N2O5. The molecule has 4 aromatic rings. The Morgan fingerprint density at radius 2 is 1.24 bits per heavy atom. The number of ether oxygens (including phenoxy) is 2. The Hall–Kier alpha value is -3.60. The summed E-state index contributed by atoms with van der Waals surface area (Å²) in [6.07, 6.45) is 1.38. The minimum Gasteiger partial charge on any atom is -0.419 e. The Morgan fingerprint density at radius 3 is 1.82 bits per heavy atom. The van der Waals surface area contributed by atoms with Crippen LogP contribution in [0.1, 0.15) is 36.6 Å². The van der Waals surface area contributed by atoms with E-state index in [1.807, 2.05) is 0 Å². The predicted molar refractivity (Wildman–Crippen MR) is 154 cm³/mol. The van der Waals surface area contributed by atoms with E-state index >= 15 is 0 Å². The van der Waals surface area contributed by atoms with Crippen LogP contribution in [0.4, 0.5) is 0 Å². The van der Waals surface area contributed by atoms with Crippen LogP contribution in [-0.4, -0.2) is 24.1 Å². The molecule has 4 rings (SSSR count). The van der Waals surface area contributed by atoms with Crippen LogP contribution in [0.25, 0.3) is 0 Å². The summed E-state index contributed by atoms with van der Waals surface area (Å²) in [5.41, 5.74) is 3.98. The highest BCUT2D eigenvalue weighted by molar-refractivity contribution is 9.11. The van der Waals surface area contributed by atoms with E-state index in [-0.39, 0.29) is 11.5 Å². The van der Waals surface area contributed by atoms with Gasteiger partial charge in [0.1, 0.15) is 0 Å². The second kappa shape index (κ2) is 12.8. The first-order chi connectivity index (χ1) is 18.3. The Morgan fingerprint density at radius 1 is 0.684 bits per heavy atom. The minimum absolute atomic E-state index is 0.00413. The molecule has 0 saturated heterocycles. The number of benzene rings is 4. The molecule has 0 unspecified atom stereocenters. The van der Waals surface area contributed by atoms with Crippen LogP contribution >= 0.6 is 47.8 Å². The molecule has 0 radical (unpaired) electrons. The van der Waals surface area contributed by atoms with Gasteiger partial charge in [0.2, 0.25) is 0 Å². The molecule has 0 aromatic heterocycles. The van der Waals surface area contributed by atoms with Crippen LogP contribution in [0.3, 0.4) is 0 Å². The fraction of sp³-hybridized carbons (Fsp3) is 0. The molecule has 0 aliphatic heterocycles. The van der Waals surface area contributed by atoms with E-state index in [1.165, 1.54) is 18.3 Å². The molecule has 0 fully saturated rings. The molecule has 0 spiro atoms. The van der Waals surface area contributed by atoms with Gasteiger partial charge in [0, 0.05) is 13.4 Å². The third kappa shape index (κ3) is 7.25. The van der Waals surface area contributed by atoms with Gasteiger partial charge in [0.05, 0.1) is 22.9 Å². The normalized spacial score (nSPS) is 10.7. The zero-order valence-electron chi connectivity index (χ0n) is 19.4. The maximum Gasteiger partial charge on any atom is 0.343 e. The van der Waals surface area contributed by atoms with Gasteiger partial charge in [-0.25, -0.2) is 15.0 Å². The Kier molecular flexibility index (Phi) is 9.22. The van der Waals surface area contributed by atoms with Crippen LogP contribution < -0.4 is 14.9 Å². The van der Waals surface area contributed by atoms with Crippen LogP contribution in [0.5, 0.6) is 11.5 Å². The van der Waals surface area contributed by atoms with E-state index in [9.17, 15) is 14.4 Å². The first-order valence-electron chi connectivity index (χ1n) is 11.0. The number of hydrazone groups is 1. The lowest BCUT2D eigenvalue weighted by atomic mass is 10.2. The first-order valence-corrected chi connectivity index (χ1v) is 13.4. The number of halogens is 3. The van der Waals surface area contributed by atoms with E-state index in [2.05, 4.69) is 58.3 Å². The zero-order valence-corrected chi connectivity index (χ0v) is 24.1. The van der Waals surface area contributed by atoms with Gasteiger partial charge in [-0.2, -0.15) is 5.10 Å². The van der Waals surface area contributed by atoms with Crippen molar-refractivity contribution in [3.63, 3.8) is 0 Å². The molecule has 0 aliphatic rings. The number of carbonyl (C=O) groups is 3. The topological polar surface area (TPSA) is 94.1 Å². The van der Waals surface area contributed by atoms with E-state index in [1.54, 1.807) is 78.9 Å². The number of esters is 2. The monoisotopic (exact) mass is 698 g/mol. The fourth-order valence-corrected chi connectivity index (χ4v) is 4.12. The summed E-state index contributed by atoms with van der Waals surface area (Å²) in [7, 11) is 0. The van der Waals surface area contributed by atoms with Crippen molar-refractivity contribution in [2.24, 2.45) is 5.10 Å². The lowest BCUT2D eigenvalue weighted by Crippen LogP contribution is -2.18. The van der Waals surface area contributed by atoms with Crippen molar-refractivity contribution in [2.75, 3.05) is 0 Å². The average molecular weight is 701 g/mol. The van der Waals surface area contributed by atoms with Crippen molar-refractivity contribution < 1.29 is 23.9 Å². The molecule has 7 nitrogen and oxygen atoms in total. The molecule has 0 bridgehead atoms. The van der Waals surface area contributed by atoms with Crippen LogP contribution in [0.2, 0.25) is 0 Å². The Balaban J connectivity index is 1.57. The van der Waals surface area contributed by atoms with Gasteiger partial charge in [-0.3, -0.25) is 4.79 Å². The smallest absolute Gasteiger partial charge is 0.343 e. The van der Waals surface area contributed by atoms with E-state index in [0.29, 0.717) is 26.7 Å². The molecule has 1 amide bonds. The number of carbonyl (C=O) groups excluding carboxylic acids is 3. The van der Waals surface area contributed by atoms with Crippen LogP contribution in [0, 0.1) is 0 Å². The van der Waals surface area contributed by atoms with Gasteiger partial charge in [-0.1, -0.05) is 44.0 Å². The molecule has 1 N–H and O–H groups in total. The first kappa shape index (κ1) is 27.4. The van der Waals surface area contributed by atoms with Crippen molar-refractivity contribution in [1.29, 1.82) is 0 Å². The van der Waals surface area contributed by atoms with Crippen LogP contribution in [-0.2, 0) is 0 Å². The molecule has 4 aromatic carbocycles. The third-order valence-electron chi connectivity index (χ3n) is 5.03. The van der Waals surface area contributed by atoms with Gasteiger partial charge in [0.25, 0.3) is 5.91 Å². The lowest BCUT2D eigenvalue weighted by Gasteiger charge is -2.12. The van der Waals surface area contributed by atoms with Gasteiger partial charge >= 0.3 is 11.9 Å². The van der Waals surface area contributed by atoms with Gasteiger partial charge in [0.15, 0.2) is 11.5 Å². The van der Waals surface area contributed by atoms with Crippen molar-refractivity contribution in [3.05, 3.63) is 127 Å². The fourth-order valence-electron chi connectivity index (χ4n) is 3.13. The highest BCUT2D eigenvalue weighted by Crippen LogP contribution is 2.30. The van der Waals surface area contributed by atoms with Crippen molar-refractivity contribution in [1.82, 2.24) is 5.43 Å². The summed E-state index contributed by atoms with van der Waals surface area (Å²) >= 11 is 9.99. The summed E-state index contributed by atoms with van der Waals surface area (Å²) < 4.78 is 13.4. The maximum absolute atomic E-state index is 12.8. The second-order valence-corrected chi connectivity index (χ2v) is 10.4. The Bertz CT molecular complexity index is 1520. The predicted octanol–water partition coefficient (Wildman–Crippen LogP) is 7.18. The standard InChI is InChI=1S/C28H17Br3N2O5/c29-20-10-6-18(7-11-20)27(35)37-24-14-5-17(16-32-33-26(34)22-3-1-2-4-23(22)31)15-25(24)38-28(36)19-8-12-21(30)13-9-19/h1-16H,(H,33,34)/b32-16-. The molecule has 10 heteroatoms. The van der Waals surface area contributed by atoms with E-state index in [0.717, 1.165) is 8.95 Å². The number of rotatable bonds is 7. The van der Waals surface area contributed by atoms with Crippen LogP contribution in [0.15, 0.2) is 110 Å². The summed E-state index contributed by atoms with van der Waals surface area (Å²) in [5.74, 6) is -1.63. The van der Waals surface area contributed by atoms with Crippen molar-refractivity contribution in [2.45, 2.75) is 0 Å². The number of nitrogens with one attached hydrogen (secondary N) is 1. The van der Waals surface area contributed by atoms with Gasteiger partial charge in [-0.15, -0.1) is 0 Å². The summed E-state index contributed by atoms with van der Waals surface area (Å²) in [4.78, 5) is 37.9. The summed E-state index contributed by atoms with van der Waals surface area (Å²) in [6, 6.07) is 24.8. The quantitative estimate of drug-likeness (QED) is 0.0955. The van der Waals surface area contributed by atoms with Crippen molar-refractivity contribution >= 4 is 71.9 Å². The maximum atomic E-state index is 12.8. The van der Waals surface area contributed by atoms with Gasteiger partial charge < -0.3 is 9.47 Å². The summed E-state index contributed by atoms with van der Waals surface area (Å²) in [5, 5.41) is 3.99. The summed E-state index contributed by atoms with van der Waals surface area (Å²) in [6.45, 7) is 0. The van der Waals surface area contributed by atoms with Crippen molar-refractivity contribution in [3.8, 4) is 11.5 Å². The highest BCUT2D eigenvalue weighted by Gasteiger charge is 2.17. The molecule has 0 atom stereocenters. The van der Waals surface area contributed by atoms with E-state index in [4.69, 9.17) is 9.47 Å². The molecule has 0 aliphatic carbocycles. The average Bonchev–Trinajstić information content (AvgIpc) is 2.91. The zero-order chi connectivity index (χ0) is 27.1. The largest absolute Gasteiger partial charge is 0.419 e. The number of hydrogen-bond acceptors (Lipinski definition) is 6. The highest BCUT2D eigenvalue weighted by atomic mass is 79.9. The molecular weight excluding hydrogens is 684 g/mol. The number of nitrogens with zero attached hydrogens (tertiary/aromatic N) is 1. The van der Waals surface area contributed by atoms with Gasteiger partial charge in [-0.05, 0) is 100 Å². The SMILES string of the molecule is O=C(Oc1ccc(/C=N\NC(=O)c2ccccc2Br)cc1OC(=O)c1ccc(Br)cc1)c1ccc(Br)cc1. The minimum atomic E-state index is -0.644. The number of amides is 1. The molecule has 38 heavy (non-hydrogen) atoms. The Labute approximate surface area is 243 Å². The van der Waals surface area contributed by atoms with E-state index < -0.39 is 17.8 Å². The second-order valence-electron chi connectivity index (χ2n) is 7.68. The molecule has 0 heterocycles. The molecule has 0 saturated carbocycles. The lowest BCUT2D eigenvalue weighted by molar-refractivity contribution is 0.0682. The number of hydrogen-bond donors (Lipinski definition) is 1. The molecule has 190 valence electrons.